The fraction of sp³-hybridized carbons (Fsp3) is 0.312. The van der Waals surface area contributed by atoms with Gasteiger partial charge in [0.25, 0.3) is 0 Å². The first-order valence-electron chi connectivity index (χ1n) is 6.66. The van der Waals surface area contributed by atoms with Crippen molar-refractivity contribution in [2.24, 2.45) is 0 Å². The maximum absolute atomic E-state index is 13.3. The summed E-state index contributed by atoms with van der Waals surface area (Å²) in [4.78, 5) is 4.12. The average Bonchev–Trinajstić information content (AvgIpc) is 2.42. The summed E-state index contributed by atoms with van der Waals surface area (Å²) in [5.41, 5.74) is 1.54. The highest BCUT2D eigenvalue weighted by molar-refractivity contribution is 5.37. The molecule has 0 saturated heterocycles. The molecule has 1 N–H and O–H groups in total. The summed E-state index contributed by atoms with van der Waals surface area (Å²) in [7, 11) is 0. The zero-order chi connectivity index (χ0) is 14.5. The molecule has 106 valence electrons. The molecular weight excluding hydrogens is 255 g/mol. The fourth-order valence-electron chi connectivity index (χ4n) is 1.77. The van der Waals surface area contributed by atoms with Crippen LogP contribution in [0.2, 0.25) is 0 Å². The third-order valence-corrected chi connectivity index (χ3v) is 2.92. The summed E-state index contributed by atoms with van der Waals surface area (Å²) < 4.78 is 19.1. The first kappa shape index (κ1) is 14.5. The van der Waals surface area contributed by atoms with E-state index in [-0.39, 0.29) is 5.82 Å². The Hall–Kier alpha value is -1.94. The zero-order valence-corrected chi connectivity index (χ0v) is 12.0. The highest BCUT2D eigenvalue weighted by Crippen LogP contribution is 2.26. The first-order valence-corrected chi connectivity index (χ1v) is 6.66. The average molecular weight is 274 g/mol. The Morgan fingerprint density at radius 3 is 2.80 bits per heavy atom. The fourth-order valence-corrected chi connectivity index (χ4v) is 1.77. The molecule has 0 fully saturated rings. The summed E-state index contributed by atoms with van der Waals surface area (Å²) in [5.74, 6) is 1.13. The number of nitrogens with one attached hydrogen (secondary N) is 1. The van der Waals surface area contributed by atoms with Crippen molar-refractivity contribution in [3.8, 4) is 11.5 Å². The van der Waals surface area contributed by atoms with Crippen molar-refractivity contribution in [1.82, 2.24) is 10.3 Å². The predicted octanol–water partition coefficient (Wildman–Crippen LogP) is 3.82. The smallest absolute Gasteiger partial charge is 0.134 e. The van der Waals surface area contributed by atoms with Gasteiger partial charge in [-0.1, -0.05) is 13.8 Å². The van der Waals surface area contributed by atoms with Gasteiger partial charge in [0.2, 0.25) is 0 Å². The van der Waals surface area contributed by atoms with Crippen LogP contribution in [0.3, 0.4) is 0 Å². The van der Waals surface area contributed by atoms with Gasteiger partial charge in [0, 0.05) is 30.5 Å². The number of aromatic nitrogens is 1. The number of hydrogen-bond acceptors (Lipinski definition) is 3. The summed E-state index contributed by atoms with van der Waals surface area (Å²) in [6, 6.07) is 6.93. The molecule has 0 aliphatic carbocycles. The summed E-state index contributed by atoms with van der Waals surface area (Å²) in [6.45, 7) is 6.57. The van der Waals surface area contributed by atoms with Crippen molar-refractivity contribution in [2.75, 3.05) is 0 Å². The van der Waals surface area contributed by atoms with Gasteiger partial charge in [-0.05, 0) is 36.8 Å². The lowest BCUT2D eigenvalue weighted by atomic mass is 10.2. The van der Waals surface area contributed by atoms with E-state index in [1.165, 1.54) is 6.07 Å². The minimum Gasteiger partial charge on any atom is -0.457 e. The van der Waals surface area contributed by atoms with E-state index < -0.39 is 0 Å². The van der Waals surface area contributed by atoms with E-state index in [0.29, 0.717) is 23.9 Å². The van der Waals surface area contributed by atoms with Gasteiger partial charge in [-0.3, -0.25) is 4.98 Å². The molecule has 0 unspecified atom stereocenters. The van der Waals surface area contributed by atoms with Crippen LogP contribution in [0.4, 0.5) is 4.39 Å². The van der Waals surface area contributed by atoms with Crippen LogP contribution in [-0.2, 0) is 6.54 Å². The predicted molar refractivity (Wildman–Crippen MR) is 77.4 cm³/mol. The number of hydrogen-bond donors (Lipinski definition) is 1. The lowest BCUT2D eigenvalue weighted by molar-refractivity contribution is 0.466. The number of pyridine rings is 1. The van der Waals surface area contributed by atoms with Crippen LogP contribution in [0.15, 0.2) is 36.7 Å². The van der Waals surface area contributed by atoms with Crippen molar-refractivity contribution in [3.05, 3.63) is 53.6 Å². The Balaban J connectivity index is 2.17. The molecule has 0 bridgehead atoms. The normalized spacial score (nSPS) is 10.8. The molecule has 20 heavy (non-hydrogen) atoms. The molecular formula is C16H19FN2O. The van der Waals surface area contributed by atoms with Gasteiger partial charge in [-0.15, -0.1) is 0 Å². The zero-order valence-electron chi connectivity index (χ0n) is 12.0. The Morgan fingerprint density at radius 1 is 1.30 bits per heavy atom. The van der Waals surface area contributed by atoms with Crippen LogP contribution >= 0.6 is 0 Å². The molecule has 0 atom stereocenters. The highest BCUT2D eigenvalue weighted by Gasteiger charge is 2.07. The molecule has 2 aromatic rings. The van der Waals surface area contributed by atoms with Crippen LogP contribution in [0.1, 0.15) is 25.0 Å². The van der Waals surface area contributed by atoms with E-state index in [4.69, 9.17) is 4.74 Å². The minimum absolute atomic E-state index is 0.228. The van der Waals surface area contributed by atoms with E-state index in [1.54, 1.807) is 31.5 Å². The van der Waals surface area contributed by atoms with Gasteiger partial charge in [0.05, 0.1) is 0 Å². The van der Waals surface area contributed by atoms with Gasteiger partial charge in [0.15, 0.2) is 0 Å². The second kappa shape index (κ2) is 6.48. The Morgan fingerprint density at radius 2 is 2.10 bits per heavy atom. The van der Waals surface area contributed by atoms with Gasteiger partial charge >= 0.3 is 0 Å². The third-order valence-electron chi connectivity index (χ3n) is 2.92. The molecule has 1 aromatic heterocycles. The molecule has 0 spiro atoms. The van der Waals surface area contributed by atoms with E-state index in [1.807, 2.05) is 6.07 Å². The van der Waals surface area contributed by atoms with Crippen LogP contribution in [-0.4, -0.2) is 11.0 Å². The van der Waals surface area contributed by atoms with Crippen molar-refractivity contribution in [1.29, 1.82) is 0 Å². The lowest BCUT2D eigenvalue weighted by Crippen LogP contribution is -2.22. The molecule has 0 saturated carbocycles. The Labute approximate surface area is 118 Å². The molecule has 1 aromatic carbocycles. The molecule has 0 radical (unpaired) electrons. The minimum atomic E-state index is -0.228. The second-order valence-electron chi connectivity index (χ2n) is 5.03. The second-order valence-corrected chi connectivity index (χ2v) is 5.03. The maximum Gasteiger partial charge on any atom is 0.134 e. The molecule has 4 heteroatoms. The van der Waals surface area contributed by atoms with Crippen molar-refractivity contribution < 1.29 is 9.13 Å². The van der Waals surface area contributed by atoms with Crippen LogP contribution in [0, 0.1) is 12.7 Å². The quantitative estimate of drug-likeness (QED) is 0.900. The highest BCUT2D eigenvalue weighted by atomic mass is 19.1. The number of rotatable bonds is 5. The number of nitrogens with zero attached hydrogens (tertiary/aromatic N) is 1. The summed E-state index contributed by atoms with van der Waals surface area (Å²) in [6.07, 6.45) is 3.46. The van der Waals surface area contributed by atoms with Crippen LogP contribution in [0.25, 0.3) is 0 Å². The van der Waals surface area contributed by atoms with Crippen molar-refractivity contribution >= 4 is 0 Å². The van der Waals surface area contributed by atoms with Crippen molar-refractivity contribution in [2.45, 2.75) is 33.4 Å². The number of ether oxygens (including phenoxy) is 1. The standard InChI is InChI=1S/C16H19FN2O/c1-11(2)19-10-13-9-18-7-6-16(13)20-14-4-5-15(17)12(3)8-14/h4-9,11,19H,10H2,1-3H3. The van der Waals surface area contributed by atoms with Crippen molar-refractivity contribution in [3.63, 3.8) is 0 Å². The lowest BCUT2D eigenvalue weighted by Gasteiger charge is -2.13. The van der Waals surface area contributed by atoms with E-state index in [2.05, 4.69) is 24.1 Å². The van der Waals surface area contributed by atoms with Gasteiger partial charge < -0.3 is 10.1 Å². The van der Waals surface area contributed by atoms with Crippen LogP contribution in [0.5, 0.6) is 11.5 Å². The van der Waals surface area contributed by atoms with E-state index in [9.17, 15) is 4.39 Å². The third kappa shape index (κ3) is 3.78. The summed E-state index contributed by atoms with van der Waals surface area (Å²) >= 11 is 0. The largest absolute Gasteiger partial charge is 0.457 e. The molecule has 2 rings (SSSR count). The van der Waals surface area contributed by atoms with Crippen LogP contribution < -0.4 is 10.1 Å². The summed E-state index contributed by atoms with van der Waals surface area (Å²) in [5, 5.41) is 3.33. The van der Waals surface area contributed by atoms with E-state index >= 15 is 0 Å². The molecule has 0 aliphatic heterocycles. The SMILES string of the molecule is Cc1cc(Oc2ccncc2CNC(C)C)ccc1F. The first-order chi connectivity index (χ1) is 9.56. The molecule has 0 aliphatic rings. The topological polar surface area (TPSA) is 34.1 Å². The van der Waals surface area contributed by atoms with E-state index in [0.717, 1.165) is 11.3 Å². The maximum atomic E-state index is 13.3. The molecule has 3 nitrogen and oxygen atoms in total. The molecule has 1 heterocycles. The van der Waals surface area contributed by atoms with Gasteiger partial charge in [-0.2, -0.15) is 0 Å². The number of benzene rings is 1. The number of halogens is 1. The molecule has 0 amide bonds. The Bertz CT molecular complexity index is 584. The number of aryl methyl sites for hydroxylation is 1. The Kier molecular flexibility index (Phi) is 4.69. The van der Waals surface area contributed by atoms with Gasteiger partial charge in [-0.25, -0.2) is 4.39 Å². The monoisotopic (exact) mass is 274 g/mol. The van der Waals surface area contributed by atoms with Gasteiger partial charge in [0.1, 0.15) is 17.3 Å².